The lowest BCUT2D eigenvalue weighted by molar-refractivity contribution is 0.669. The van der Waals surface area contributed by atoms with Crippen LogP contribution in [0.4, 0.5) is 5.69 Å². The molecule has 0 fully saturated rings. The Balaban J connectivity index is 1.14. The number of hydrogen-bond acceptors (Lipinski definition) is 3. The van der Waals surface area contributed by atoms with Crippen LogP contribution in [0, 0.1) is 11.8 Å². The highest BCUT2D eigenvalue weighted by Crippen LogP contribution is 2.38. The van der Waals surface area contributed by atoms with E-state index in [0.717, 1.165) is 67.5 Å². The fourth-order valence-corrected chi connectivity index (χ4v) is 5.63. The van der Waals surface area contributed by atoms with E-state index < -0.39 is 0 Å². The normalized spacial score (nSPS) is 12.4. The summed E-state index contributed by atoms with van der Waals surface area (Å²) in [7, 11) is 0. The van der Waals surface area contributed by atoms with Gasteiger partial charge in [0, 0.05) is 33.8 Å². The molecule has 1 aliphatic heterocycles. The topological polar surface area (TPSA) is 38.1 Å². The molecule has 3 heteroatoms. The zero-order valence-corrected chi connectivity index (χ0v) is 21.0. The summed E-state index contributed by atoms with van der Waals surface area (Å²) in [6.45, 7) is 0.800. The van der Waals surface area contributed by atoms with Crippen LogP contribution in [0.1, 0.15) is 16.8 Å². The number of pyridine rings is 1. The van der Waals surface area contributed by atoms with Gasteiger partial charge in [-0.3, -0.25) is 0 Å². The zero-order valence-electron chi connectivity index (χ0n) is 21.0. The molecule has 0 saturated heterocycles. The van der Waals surface area contributed by atoms with Crippen molar-refractivity contribution in [3.05, 3.63) is 126 Å². The lowest BCUT2D eigenvalue weighted by atomic mass is 9.95. The minimum absolute atomic E-state index is 0.762. The third kappa shape index (κ3) is 3.58. The van der Waals surface area contributed by atoms with Crippen LogP contribution in [0.15, 0.2) is 114 Å². The van der Waals surface area contributed by atoms with Crippen molar-refractivity contribution in [2.75, 3.05) is 11.9 Å². The van der Waals surface area contributed by atoms with Crippen LogP contribution < -0.4 is 5.32 Å². The maximum Gasteiger partial charge on any atom is 0.135 e. The maximum absolute atomic E-state index is 5.98. The average molecular weight is 499 g/mol. The van der Waals surface area contributed by atoms with Crippen LogP contribution >= 0.6 is 0 Å². The number of rotatable bonds is 1. The summed E-state index contributed by atoms with van der Waals surface area (Å²) in [5.41, 5.74) is 9.09. The second-order valence-corrected chi connectivity index (χ2v) is 9.85. The van der Waals surface area contributed by atoms with Gasteiger partial charge in [0.25, 0.3) is 0 Å². The van der Waals surface area contributed by atoms with Crippen LogP contribution in [0.25, 0.3) is 60.8 Å². The molecular weight excluding hydrogens is 476 g/mol. The predicted molar refractivity (Wildman–Crippen MR) is 162 cm³/mol. The van der Waals surface area contributed by atoms with Crippen LogP contribution in [0.3, 0.4) is 0 Å². The summed E-state index contributed by atoms with van der Waals surface area (Å²) in [5.74, 6) is 6.60. The molecule has 1 aliphatic rings. The summed E-state index contributed by atoms with van der Waals surface area (Å²) in [4.78, 5) is 4.99. The van der Waals surface area contributed by atoms with Gasteiger partial charge in [-0.05, 0) is 70.3 Å². The molecule has 182 valence electrons. The van der Waals surface area contributed by atoms with Crippen LogP contribution in [-0.4, -0.2) is 11.5 Å². The standard InChI is InChI=1S/C36H22N2O/c1-2-7-28-27(6-1)30-9-5-21-37-35(30)36-31(28)19-18-26(38-36)17-13-23-11-14-24(15-12-23)25-16-20-34-32(22-25)29-8-3-4-10-33(29)39-34/h1-12,14-16,18-20,22,37H,21H2. The van der Waals surface area contributed by atoms with Gasteiger partial charge < -0.3 is 9.73 Å². The lowest BCUT2D eigenvalue weighted by Crippen LogP contribution is -2.06. The number of aromatic nitrogens is 1. The Bertz CT molecular complexity index is 2170. The first-order valence-corrected chi connectivity index (χ1v) is 13.1. The van der Waals surface area contributed by atoms with E-state index in [4.69, 9.17) is 9.40 Å². The number of nitrogens with zero attached hydrogens (tertiary/aromatic N) is 1. The molecule has 2 aromatic heterocycles. The molecule has 0 aliphatic carbocycles. The quantitative estimate of drug-likeness (QED) is 0.182. The highest BCUT2D eigenvalue weighted by Gasteiger charge is 2.15. The van der Waals surface area contributed by atoms with Crippen molar-refractivity contribution in [1.29, 1.82) is 0 Å². The number of hydrogen-bond donors (Lipinski definition) is 1. The van der Waals surface area contributed by atoms with Gasteiger partial charge in [-0.1, -0.05) is 78.7 Å². The molecule has 7 aromatic rings. The highest BCUT2D eigenvalue weighted by molar-refractivity contribution is 6.16. The van der Waals surface area contributed by atoms with Gasteiger partial charge in [0.15, 0.2) is 0 Å². The van der Waals surface area contributed by atoms with Gasteiger partial charge in [0.1, 0.15) is 16.9 Å². The monoisotopic (exact) mass is 498 g/mol. The van der Waals surface area contributed by atoms with Gasteiger partial charge in [0.2, 0.25) is 0 Å². The van der Waals surface area contributed by atoms with Crippen molar-refractivity contribution < 1.29 is 4.42 Å². The Morgan fingerprint density at radius 1 is 0.641 bits per heavy atom. The molecule has 3 heterocycles. The molecule has 0 spiro atoms. The minimum Gasteiger partial charge on any atom is -0.456 e. The summed E-state index contributed by atoms with van der Waals surface area (Å²) in [6, 6.07) is 35.6. The lowest BCUT2D eigenvalue weighted by Gasteiger charge is -2.18. The van der Waals surface area contributed by atoms with E-state index in [-0.39, 0.29) is 0 Å². The van der Waals surface area contributed by atoms with Crippen molar-refractivity contribution in [1.82, 2.24) is 4.98 Å². The molecular formula is C36H22N2O. The van der Waals surface area contributed by atoms with Gasteiger partial charge in [-0.15, -0.1) is 0 Å². The van der Waals surface area contributed by atoms with Gasteiger partial charge in [0.05, 0.1) is 11.2 Å². The van der Waals surface area contributed by atoms with Crippen LogP contribution in [0.5, 0.6) is 0 Å². The third-order valence-electron chi connectivity index (χ3n) is 7.52. The average Bonchev–Trinajstić information content (AvgIpc) is 3.38. The summed E-state index contributed by atoms with van der Waals surface area (Å²) >= 11 is 0. The number of nitrogens with one attached hydrogen (secondary N) is 1. The van der Waals surface area contributed by atoms with Crippen molar-refractivity contribution in [2.45, 2.75) is 0 Å². The predicted octanol–water partition coefficient (Wildman–Crippen LogP) is 8.79. The molecule has 0 unspecified atom stereocenters. The Hall–Kier alpha value is -5.33. The Kier molecular flexibility index (Phi) is 4.80. The second-order valence-electron chi connectivity index (χ2n) is 9.85. The second kappa shape index (κ2) is 8.62. The molecule has 8 rings (SSSR count). The largest absolute Gasteiger partial charge is 0.456 e. The molecule has 39 heavy (non-hydrogen) atoms. The highest BCUT2D eigenvalue weighted by atomic mass is 16.3. The minimum atomic E-state index is 0.762. The molecule has 0 radical (unpaired) electrons. The number of fused-ring (bicyclic) bond motifs is 9. The molecule has 0 bridgehead atoms. The third-order valence-corrected chi connectivity index (χ3v) is 7.52. The van der Waals surface area contributed by atoms with E-state index in [1.807, 2.05) is 24.3 Å². The molecule has 3 nitrogen and oxygen atoms in total. The first kappa shape index (κ1) is 21.7. The van der Waals surface area contributed by atoms with Gasteiger partial charge in [-0.25, -0.2) is 4.98 Å². The van der Waals surface area contributed by atoms with Gasteiger partial charge >= 0.3 is 0 Å². The Morgan fingerprint density at radius 2 is 1.41 bits per heavy atom. The summed E-state index contributed by atoms with van der Waals surface area (Å²) in [6.07, 6.45) is 4.35. The van der Waals surface area contributed by atoms with Gasteiger partial charge in [-0.2, -0.15) is 0 Å². The van der Waals surface area contributed by atoms with Crippen molar-refractivity contribution in [3.63, 3.8) is 0 Å². The Morgan fingerprint density at radius 3 is 2.31 bits per heavy atom. The Labute approximate surface area is 225 Å². The van der Waals surface area contributed by atoms with E-state index in [1.54, 1.807) is 0 Å². The molecule has 0 saturated carbocycles. The van der Waals surface area contributed by atoms with Crippen LogP contribution in [0.2, 0.25) is 0 Å². The SMILES string of the molecule is C(#Cc1ccc2c(n1)c1c(c3ccccc32)C=CCN1)c1ccc(-c2ccc3oc4ccccc4c3c2)cc1. The molecule has 0 amide bonds. The van der Waals surface area contributed by atoms with E-state index in [2.05, 4.69) is 108 Å². The van der Waals surface area contributed by atoms with E-state index in [0.29, 0.717) is 0 Å². The fourth-order valence-electron chi connectivity index (χ4n) is 5.63. The fraction of sp³-hybridized carbons (Fsp3) is 0.0278. The summed E-state index contributed by atoms with van der Waals surface area (Å²) < 4.78 is 5.98. The zero-order chi connectivity index (χ0) is 25.8. The molecule has 0 atom stereocenters. The molecule has 5 aromatic carbocycles. The number of furan rings is 1. The maximum atomic E-state index is 5.98. The first-order valence-electron chi connectivity index (χ1n) is 13.1. The summed E-state index contributed by atoms with van der Waals surface area (Å²) in [5, 5.41) is 9.40. The van der Waals surface area contributed by atoms with Crippen molar-refractivity contribution in [2.24, 2.45) is 0 Å². The number of para-hydroxylation sites is 1. The van der Waals surface area contributed by atoms with Crippen molar-refractivity contribution in [3.8, 4) is 23.0 Å². The van der Waals surface area contributed by atoms with Crippen LogP contribution in [-0.2, 0) is 0 Å². The van der Waals surface area contributed by atoms with E-state index in [9.17, 15) is 0 Å². The first-order chi connectivity index (χ1) is 19.3. The number of benzene rings is 5. The smallest absolute Gasteiger partial charge is 0.135 e. The van der Waals surface area contributed by atoms with E-state index >= 15 is 0 Å². The molecule has 1 N–H and O–H groups in total. The number of anilines is 1. The van der Waals surface area contributed by atoms with Crippen molar-refractivity contribution >= 4 is 55.4 Å². The van der Waals surface area contributed by atoms with E-state index in [1.165, 1.54) is 16.3 Å².